The van der Waals surface area contributed by atoms with Crippen molar-refractivity contribution in [2.45, 2.75) is 6.61 Å². The van der Waals surface area contributed by atoms with Gasteiger partial charge in [-0.3, -0.25) is 0 Å². The van der Waals surface area contributed by atoms with E-state index in [1.54, 1.807) is 37.5 Å². The first-order valence-electron chi connectivity index (χ1n) is 7.80. The molecule has 140 valence electrons. The maximum atomic E-state index is 12.4. The van der Waals surface area contributed by atoms with E-state index < -0.39 is 12.6 Å². The van der Waals surface area contributed by atoms with Gasteiger partial charge < -0.3 is 18.9 Å². The molecule has 1 heterocycles. The second kappa shape index (κ2) is 7.86. The van der Waals surface area contributed by atoms with Crippen LogP contribution in [0, 0.1) is 0 Å². The van der Waals surface area contributed by atoms with E-state index >= 15 is 0 Å². The quantitative estimate of drug-likeness (QED) is 0.570. The largest absolute Gasteiger partial charge is 0.497 e. The molecule has 1 aliphatic rings. The monoisotopic (exact) mass is 375 g/mol. The standard InChI is InChI=1S/C19H15F2NO5/c1-24-13-6-3-11(4-7-13)9-14-18(23)27-17(22-14)12-5-8-15(26-19(20)21)16(10-12)25-2/h3-10,19H,1-2H3/b14-9-. The molecule has 6 nitrogen and oxygen atoms in total. The third kappa shape index (κ3) is 4.22. The molecule has 0 aromatic heterocycles. The van der Waals surface area contributed by atoms with Crippen LogP contribution in [-0.4, -0.2) is 32.7 Å². The fourth-order valence-corrected chi connectivity index (χ4v) is 2.38. The lowest BCUT2D eigenvalue weighted by atomic mass is 10.2. The van der Waals surface area contributed by atoms with E-state index in [1.165, 1.54) is 25.3 Å². The Kier molecular flexibility index (Phi) is 5.35. The van der Waals surface area contributed by atoms with Crippen molar-refractivity contribution >= 4 is 17.9 Å². The first-order valence-corrected chi connectivity index (χ1v) is 7.80. The highest BCUT2D eigenvalue weighted by Gasteiger charge is 2.25. The third-order valence-corrected chi connectivity index (χ3v) is 3.67. The topological polar surface area (TPSA) is 66.3 Å². The predicted molar refractivity (Wildman–Crippen MR) is 93.2 cm³/mol. The molecule has 0 amide bonds. The summed E-state index contributed by atoms with van der Waals surface area (Å²) in [5.74, 6) is 0.0530. The van der Waals surface area contributed by atoms with Gasteiger partial charge in [0.1, 0.15) is 5.75 Å². The highest BCUT2D eigenvalue weighted by atomic mass is 19.3. The Balaban J connectivity index is 1.87. The molecule has 0 fully saturated rings. The molecule has 1 aliphatic heterocycles. The van der Waals surface area contributed by atoms with E-state index in [0.29, 0.717) is 11.3 Å². The summed E-state index contributed by atoms with van der Waals surface area (Å²) in [6.07, 6.45) is 1.57. The summed E-state index contributed by atoms with van der Waals surface area (Å²) in [5.41, 5.74) is 1.24. The van der Waals surface area contributed by atoms with E-state index in [2.05, 4.69) is 9.73 Å². The van der Waals surface area contributed by atoms with Gasteiger partial charge in [-0.25, -0.2) is 9.79 Å². The first kappa shape index (κ1) is 18.4. The number of aliphatic imine (C=N–C) groups is 1. The lowest BCUT2D eigenvalue weighted by molar-refractivity contribution is -0.129. The summed E-state index contributed by atoms with van der Waals surface area (Å²) in [6.45, 7) is -2.98. The number of methoxy groups -OCH3 is 2. The van der Waals surface area contributed by atoms with Gasteiger partial charge >= 0.3 is 12.6 Å². The molecule has 2 aromatic rings. The average Bonchev–Trinajstić information content (AvgIpc) is 3.02. The number of hydrogen-bond acceptors (Lipinski definition) is 6. The van der Waals surface area contributed by atoms with Crippen LogP contribution in [0.25, 0.3) is 6.08 Å². The molecular weight excluding hydrogens is 360 g/mol. The summed E-state index contributed by atoms with van der Waals surface area (Å²) in [5, 5.41) is 0. The van der Waals surface area contributed by atoms with E-state index in [4.69, 9.17) is 14.2 Å². The SMILES string of the molecule is COc1ccc(/C=C2\N=C(c3ccc(OC(F)F)c(OC)c3)OC2=O)cc1. The Bertz CT molecular complexity index is 907. The molecule has 0 saturated heterocycles. The van der Waals surface area contributed by atoms with Crippen LogP contribution in [0.3, 0.4) is 0 Å². The predicted octanol–water partition coefficient (Wildman–Crippen LogP) is 3.65. The number of benzene rings is 2. The van der Waals surface area contributed by atoms with Crippen molar-refractivity contribution in [3.8, 4) is 17.2 Å². The van der Waals surface area contributed by atoms with Crippen molar-refractivity contribution in [1.29, 1.82) is 0 Å². The summed E-state index contributed by atoms with van der Waals surface area (Å²) < 4.78 is 44.5. The minimum Gasteiger partial charge on any atom is -0.497 e. The maximum Gasteiger partial charge on any atom is 0.387 e. The molecule has 8 heteroatoms. The van der Waals surface area contributed by atoms with Crippen molar-refractivity contribution in [2.24, 2.45) is 4.99 Å². The second-order valence-corrected chi connectivity index (χ2v) is 5.35. The first-order chi connectivity index (χ1) is 13.0. The Labute approximate surface area is 153 Å². The van der Waals surface area contributed by atoms with Crippen molar-refractivity contribution in [3.63, 3.8) is 0 Å². The van der Waals surface area contributed by atoms with Gasteiger partial charge in [-0.15, -0.1) is 0 Å². The number of alkyl halides is 2. The van der Waals surface area contributed by atoms with Crippen LogP contribution >= 0.6 is 0 Å². The maximum absolute atomic E-state index is 12.4. The normalized spacial score (nSPS) is 14.9. The summed E-state index contributed by atoms with van der Waals surface area (Å²) in [7, 11) is 2.87. The van der Waals surface area contributed by atoms with Crippen LogP contribution in [0.15, 0.2) is 53.2 Å². The fourth-order valence-electron chi connectivity index (χ4n) is 2.38. The van der Waals surface area contributed by atoms with Crippen LogP contribution in [0.5, 0.6) is 17.2 Å². The van der Waals surface area contributed by atoms with Crippen LogP contribution in [0.4, 0.5) is 8.78 Å². The molecule has 0 aliphatic carbocycles. The molecule has 0 radical (unpaired) electrons. The molecule has 0 N–H and O–H groups in total. The van der Waals surface area contributed by atoms with E-state index in [9.17, 15) is 13.6 Å². The summed E-state index contributed by atoms with van der Waals surface area (Å²) in [6, 6.07) is 11.2. The Morgan fingerprint density at radius 2 is 1.78 bits per heavy atom. The highest BCUT2D eigenvalue weighted by molar-refractivity contribution is 6.13. The number of halogens is 2. The Morgan fingerprint density at radius 3 is 2.41 bits per heavy atom. The lowest BCUT2D eigenvalue weighted by Gasteiger charge is -2.10. The number of ether oxygens (including phenoxy) is 4. The number of rotatable bonds is 6. The minimum atomic E-state index is -2.98. The van der Waals surface area contributed by atoms with Crippen LogP contribution in [0.2, 0.25) is 0 Å². The van der Waals surface area contributed by atoms with Gasteiger partial charge in [0.2, 0.25) is 5.90 Å². The lowest BCUT2D eigenvalue weighted by Crippen LogP contribution is -2.07. The van der Waals surface area contributed by atoms with Crippen molar-refractivity contribution in [2.75, 3.05) is 14.2 Å². The number of cyclic esters (lactones) is 1. The molecule has 0 atom stereocenters. The van der Waals surface area contributed by atoms with Crippen LogP contribution in [-0.2, 0) is 9.53 Å². The van der Waals surface area contributed by atoms with Gasteiger partial charge in [0.25, 0.3) is 0 Å². The summed E-state index contributed by atoms with van der Waals surface area (Å²) >= 11 is 0. The number of hydrogen-bond donors (Lipinski definition) is 0. The number of carbonyl (C=O) groups excluding carboxylic acids is 1. The zero-order chi connectivity index (χ0) is 19.4. The number of nitrogens with zero attached hydrogens (tertiary/aromatic N) is 1. The molecule has 27 heavy (non-hydrogen) atoms. The highest BCUT2D eigenvalue weighted by Crippen LogP contribution is 2.31. The van der Waals surface area contributed by atoms with Gasteiger partial charge in [-0.2, -0.15) is 8.78 Å². The van der Waals surface area contributed by atoms with Crippen molar-refractivity contribution < 1.29 is 32.5 Å². The smallest absolute Gasteiger partial charge is 0.387 e. The summed E-state index contributed by atoms with van der Waals surface area (Å²) in [4.78, 5) is 16.2. The van der Waals surface area contributed by atoms with Gasteiger partial charge in [-0.05, 0) is 42.0 Å². The van der Waals surface area contributed by atoms with Crippen LogP contribution < -0.4 is 14.2 Å². The molecule has 2 aromatic carbocycles. The molecule has 0 saturated carbocycles. The van der Waals surface area contributed by atoms with Crippen molar-refractivity contribution in [1.82, 2.24) is 0 Å². The number of carbonyl (C=O) groups is 1. The zero-order valence-corrected chi connectivity index (χ0v) is 14.4. The molecular formula is C19H15F2NO5. The van der Waals surface area contributed by atoms with E-state index in [0.717, 1.165) is 5.56 Å². The molecule has 0 unspecified atom stereocenters. The van der Waals surface area contributed by atoms with Crippen molar-refractivity contribution in [3.05, 3.63) is 59.3 Å². The van der Waals surface area contributed by atoms with Gasteiger partial charge in [0.15, 0.2) is 17.2 Å². The Hall–Kier alpha value is -3.42. The number of esters is 1. The zero-order valence-electron chi connectivity index (χ0n) is 14.4. The molecule has 0 spiro atoms. The van der Waals surface area contributed by atoms with Gasteiger partial charge in [0, 0.05) is 5.56 Å². The van der Waals surface area contributed by atoms with Gasteiger partial charge in [-0.1, -0.05) is 12.1 Å². The average molecular weight is 375 g/mol. The second-order valence-electron chi connectivity index (χ2n) is 5.35. The molecule has 3 rings (SSSR count). The Morgan fingerprint density at radius 1 is 1.04 bits per heavy atom. The fraction of sp³-hybridized carbons (Fsp3) is 0.158. The van der Waals surface area contributed by atoms with Crippen LogP contribution in [0.1, 0.15) is 11.1 Å². The third-order valence-electron chi connectivity index (χ3n) is 3.67. The van der Waals surface area contributed by atoms with E-state index in [1.807, 2.05) is 0 Å². The molecule has 0 bridgehead atoms. The minimum absolute atomic E-state index is 0.0432. The van der Waals surface area contributed by atoms with E-state index in [-0.39, 0.29) is 23.1 Å². The van der Waals surface area contributed by atoms with Gasteiger partial charge in [0.05, 0.1) is 14.2 Å².